The summed E-state index contributed by atoms with van der Waals surface area (Å²) in [4.78, 5) is 8.54. The molecule has 0 N–H and O–H groups in total. The molecule has 1 aliphatic heterocycles. The van der Waals surface area contributed by atoms with Crippen molar-refractivity contribution in [1.82, 2.24) is 9.97 Å². The van der Waals surface area contributed by atoms with Crippen molar-refractivity contribution >= 4 is 22.7 Å². The largest absolute Gasteiger partial charge is 0.459 e. The number of hydrogen-bond acceptors (Lipinski definition) is 7. The van der Waals surface area contributed by atoms with E-state index in [9.17, 15) is 0 Å². The average Bonchev–Trinajstić information content (AvgIpc) is 3.56. The lowest BCUT2D eigenvalue weighted by atomic mass is 9.88. The van der Waals surface area contributed by atoms with E-state index in [2.05, 4.69) is 9.97 Å². The van der Waals surface area contributed by atoms with Crippen LogP contribution in [0.3, 0.4) is 0 Å². The Bertz CT molecular complexity index is 1550. The zero-order valence-corrected chi connectivity index (χ0v) is 23.4. The van der Waals surface area contributed by atoms with E-state index in [0.717, 1.165) is 22.3 Å². The highest BCUT2D eigenvalue weighted by molar-refractivity contribution is 6.33. The Labute approximate surface area is 244 Å². The molecule has 1 aliphatic rings. The predicted octanol–water partition coefficient (Wildman–Crippen LogP) is 7.09. The Morgan fingerprint density at radius 3 is 2.07 bits per heavy atom. The van der Waals surface area contributed by atoms with Gasteiger partial charge in [0.1, 0.15) is 35.8 Å². The minimum absolute atomic E-state index is 0.241. The van der Waals surface area contributed by atoms with Crippen molar-refractivity contribution in [2.75, 3.05) is 6.61 Å². The summed E-state index contributed by atoms with van der Waals surface area (Å²) in [6, 6.07) is 30.2. The van der Waals surface area contributed by atoms with Crippen LogP contribution in [0.4, 0.5) is 0 Å². The van der Waals surface area contributed by atoms with E-state index in [1.54, 1.807) is 6.26 Å². The molecular formula is C33H31ClN2O5. The van der Waals surface area contributed by atoms with E-state index in [4.69, 9.17) is 35.0 Å². The minimum atomic E-state index is -0.931. The van der Waals surface area contributed by atoms with Gasteiger partial charge in [0, 0.05) is 5.56 Å². The van der Waals surface area contributed by atoms with E-state index in [1.807, 2.05) is 97.9 Å². The molecule has 3 heterocycles. The molecule has 0 spiro atoms. The van der Waals surface area contributed by atoms with Crippen LogP contribution in [0.1, 0.15) is 35.3 Å². The molecule has 0 unspecified atom stereocenters. The number of halogens is 1. The number of nitrogens with zero attached hydrogens (tertiary/aromatic N) is 2. The summed E-state index contributed by atoms with van der Waals surface area (Å²) >= 11 is 6.33. The lowest BCUT2D eigenvalue weighted by molar-refractivity contribution is -0.147. The molecule has 0 radical (unpaired) electrons. The summed E-state index contributed by atoms with van der Waals surface area (Å²) in [5.41, 5.74) is 3.96. The normalized spacial score (nSPS) is 22.3. The van der Waals surface area contributed by atoms with E-state index < -0.39 is 23.9 Å². The number of rotatable bonds is 11. The highest BCUT2D eigenvalue weighted by atomic mass is 35.5. The molecule has 2 aromatic heterocycles. The first kappa shape index (κ1) is 27.6. The topological polar surface area (TPSA) is 75.8 Å². The van der Waals surface area contributed by atoms with Crippen molar-refractivity contribution in [2.45, 2.75) is 50.7 Å². The highest BCUT2D eigenvalue weighted by Gasteiger charge is 2.57. The SMILES string of the molecule is C[C@@]1(OCc2ccccc2)[C@H](OCc2ccccc2)[C@@H](COCc2ccccc2)O[C@H]1c1coc2c(Cl)ncnc12. The first-order valence-electron chi connectivity index (χ1n) is 13.6. The van der Waals surface area contributed by atoms with Gasteiger partial charge in [0.2, 0.25) is 0 Å². The standard InChI is InChI=1S/C33H31ClN2O5/c1-33(40-19-25-15-9-4-10-16-25)30(26-20-38-29-28(26)35-22-36-32(29)34)41-27(21-37-17-23-11-5-2-6-12-23)31(33)39-18-24-13-7-3-8-14-24/h2-16,20,22,27,30-31H,17-19,21H2,1H3/t27-,30+,31-,33+/m1/s1. The van der Waals surface area contributed by atoms with Crippen molar-refractivity contribution in [2.24, 2.45) is 0 Å². The monoisotopic (exact) mass is 570 g/mol. The summed E-state index contributed by atoms with van der Waals surface area (Å²) in [5, 5.41) is 0.241. The number of aromatic nitrogens is 2. The molecule has 0 bridgehead atoms. The highest BCUT2D eigenvalue weighted by Crippen LogP contribution is 2.48. The second-order valence-corrected chi connectivity index (χ2v) is 10.6. The van der Waals surface area contributed by atoms with Crippen molar-refractivity contribution < 1.29 is 23.4 Å². The summed E-state index contributed by atoms with van der Waals surface area (Å²) in [6.45, 7) is 3.54. The Morgan fingerprint density at radius 1 is 0.805 bits per heavy atom. The smallest absolute Gasteiger partial charge is 0.189 e. The molecule has 41 heavy (non-hydrogen) atoms. The Balaban J connectivity index is 1.34. The Morgan fingerprint density at radius 2 is 1.41 bits per heavy atom. The quantitative estimate of drug-likeness (QED) is 0.157. The second-order valence-electron chi connectivity index (χ2n) is 10.3. The minimum Gasteiger partial charge on any atom is -0.459 e. The van der Waals surface area contributed by atoms with Crippen LogP contribution in [-0.2, 0) is 38.8 Å². The van der Waals surface area contributed by atoms with Crippen molar-refractivity contribution in [1.29, 1.82) is 0 Å². The first-order valence-corrected chi connectivity index (χ1v) is 14.0. The fraction of sp³-hybridized carbons (Fsp3) is 0.273. The molecule has 3 aromatic carbocycles. The third-order valence-corrected chi connectivity index (χ3v) is 7.68. The molecule has 6 rings (SSSR count). The van der Waals surface area contributed by atoms with Crippen LogP contribution >= 0.6 is 11.6 Å². The van der Waals surface area contributed by atoms with Crippen LogP contribution in [0, 0.1) is 0 Å². The van der Waals surface area contributed by atoms with Crippen LogP contribution in [0.2, 0.25) is 5.15 Å². The Hall–Kier alpha value is -3.59. The molecule has 0 saturated carbocycles. The average molecular weight is 571 g/mol. The molecule has 8 heteroatoms. The van der Waals surface area contributed by atoms with Gasteiger partial charge in [0.05, 0.1) is 32.7 Å². The van der Waals surface area contributed by atoms with Crippen LogP contribution in [0.15, 0.2) is 108 Å². The van der Waals surface area contributed by atoms with Gasteiger partial charge in [-0.15, -0.1) is 0 Å². The number of hydrogen-bond donors (Lipinski definition) is 0. The summed E-state index contributed by atoms with van der Waals surface area (Å²) in [7, 11) is 0. The number of ether oxygens (including phenoxy) is 4. The summed E-state index contributed by atoms with van der Waals surface area (Å²) < 4.78 is 32.2. The van der Waals surface area contributed by atoms with E-state index in [0.29, 0.717) is 37.5 Å². The maximum Gasteiger partial charge on any atom is 0.189 e. The van der Waals surface area contributed by atoms with Gasteiger partial charge in [0.25, 0.3) is 0 Å². The van der Waals surface area contributed by atoms with E-state index in [-0.39, 0.29) is 5.15 Å². The predicted molar refractivity (Wildman–Crippen MR) is 155 cm³/mol. The van der Waals surface area contributed by atoms with Gasteiger partial charge >= 0.3 is 0 Å². The van der Waals surface area contributed by atoms with Gasteiger partial charge < -0.3 is 23.4 Å². The first-order chi connectivity index (χ1) is 20.1. The summed E-state index contributed by atoms with van der Waals surface area (Å²) in [5.74, 6) is 0. The van der Waals surface area contributed by atoms with Crippen LogP contribution < -0.4 is 0 Å². The number of fused-ring (bicyclic) bond motifs is 1. The zero-order valence-electron chi connectivity index (χ0n) is 22.7. The third-order valence-electron chi connectivity index (χ3n) is 7.41. The van der Waals surface area contributed by atoms with E-state index >= 15 is 0 Å². The van der Waals surface area contributed by atoms with Crippen LogP contribution in [-0.4, -0.2) is 34.4 Å². The van der Waals surface area contributed by atoms with Gasteiger partial charge in [-0.2, -0.15) is 0 Å². The molecule has 1 saturated heterocycles. The maximum absolute atomic E-state index is 6.76. The van der Waals surface area contributed by atoms with Crippen LogP contribution in [0.5, 0.6) is 0 Å². The lowest BCUT2D eigenvalue weighted by Gasteiger charge is -2.35. The maximum atomic E-state index is 6.76. The second kappa shape index (κ2) is 12.5. The van der Waals surface area contributed by atoms with Gasteiger partial charge in [-0.25, -0.2) is 9.97 Å². The summed E-state index contributed by atoms with van der Waals surface area (Å²) in [6.07, 6.45) is 1.56. The molecule has 7 nitrogen and oxygen atoms in total. The fourth-order valence-corrected chi connectivity index (χ4v) is 5.48. The van der Waals surface area contributed by atoms with Gasteiger partial charge in [-0.05, 0) is 23.6 Å². The van der Waals surface area contributed by atoms with Crippen molar-refractivity contribution in [3.63, 3.8) is 0 Å². The van der Waals surface area contributed by atoms with E-state index in [1.165, 1.54) is 6.33 Å². The molecule has 0 aliphatic carbocycles. The molecule has 5 aromatic rings. The van der Waals surface area contributed by atoms with Crippen molar-refractivity contribution in [3.8, 4) is 0 Å². The van der Waals surface area contributed by atoms with Gasteiger partial charge in [-0.3, -0.25) is 0 Å². The molecule has 4 atom stereocenters. The zero-order chi connectivity index (χ0) is 28.1. The van der Waals surface area contributed by atoms with Crippen molar-refractivity contribution in [3.05, 3.63) is 131 Å². The molecule has 210 valence electrons. The third kappa shape index (κ3) is 6.05. The Kier molecular flexibility index (Phi) is 8.41. The molecule has 1 fully saturated rings. The lowest BCUT2D eigenvalue weighted by Crippen LogP contribution is -2.47. The number of benzene rings is 3. The number of furan rings is 1. The molecule has 0 amide bonds. The van der Waals surface area contributed by atoms with Gasteiger partial charge in [0.15, 0.2) is 10.7 Å². The van der Waals surface area contributed by atoms with Gasteiger partial charge in [-0.1, -0.05) is 103 Å². The van der Waals surface area contributed by atoms with Crippen LogP contribution in [0.25, 0.3) is 11.1 Å². The molecular weight excluding hydrogens is 540 g/mol. The fourth-order valence-electron chi connectivity index (χ4n) is 5.31.